The van der Waals surface area contributed by atoms with Gasteiger partial charge in [0.05, 0.1) is 5.69 Å². The zero-order chi connectivity index (χ0) is 22.7. The average molecular weight is 436 g/mol. The number of aryl methyl sites for hydroxylation is 1. The molecule has 3 aromatic heterocycles. The Kier molecular flexibility index (Phi) is 4.84. The average Bonchev–Trinajstić information content (AvgIpc) is 3.50. The Labute approximate surface area is 189 Å². The molecular weight excluding hydrogens is 402 g/mol. The summed E-state index contributed by atoms with van der Waals surface area (Å²) in [5.41, 5.74) is 4.96. The summed E-state index contributed by atoms with van der Waals surface area (Å²) in [6.45, 7) is 12.5. The molecule has 0 aliphatic carbocycles. The zero-order valence-corrected chi connectivity index (χ0v) is 19.7. The Hall–Kier alpha value is -2.83. The number of pyridine rings is 1. The lowest BCUT2D eigenvalue weighted by molar-refractivity contribution is 0.0284. The fourth-order valence-electron chi connectivity index (χ4n) is 5.16. The van der Waals surface area contributed by atoms with E-state index in [4.69, 9.17) is 9.84 Å². The molecule has 170 valence electrons. The molecule has 0 aromatic carbocycles. The first-order valence-corrected chi connectivity index (χ1v) is 11.7. The Bertz CT molecular complexity index is 1170. The molecule has 1 saturated heterocycles. The van der Waals surface area contributed by atoms with Crippen LogP contribution in [-0.4, -0.2) is 49.4 Å². The van der Waals surface area contributed by atoms with E-state index in [2.05, 4.69) is 46.8 Å². The molecule has 5 heterocycles. The van der Waals surface area contributed by atoms with E-state index in [9.17, 15) is 4.79 Å². The second-order valence-corrected chi connectivity index (χ2v) is 10.5. The monoisotopic (exact) mass is 435 g/mol. The smallest absolute Gasteiger partial charge is 0.410 e. The van der Waals surface area contributed by atoms with Crippen molar-refractivity contribution in [1.29, 1.82) is 0 Å². The number of aromatic nitrogens is 4. The molecule has 3 aromatic rings. The summed E-state index contributed by atoms with van der Waals surface area (Å²) in [4.78, 5) is 22.4. The molecule has 2 aliphatic heterocycles. The van der Waals surface area contributed by atoms with Gasteiger partial charge in [-0.3, -0.25) is 4.68 Å². The molecule has 1 fully saturated rings. The van der Waals surface area contributed by atoms with Crippen LogP contribution in [0.4, 0.5) is 4.79 Å². The van der Waals surface area contributed by atoms with Gasteiger partial charge in [0.15, 0.2) is 0 Å². The minimum absolute atomic E-state index is 0.0321. The summed E-state index contributed by atoms with van der Waals surface area (Å²) < 4.78 is 7.74. The number of fused-ring (bicyclic) bond motifs is 3. The summed E-state index contributed by atoms with van der Waals surface area (Å²) in [5, 5.41) is 6.10. The number of aromatic amines is 1. The van der Waals surface area contributed by atoms with Crippen LogP contribution in [0.25, 0.3) is 22.3 Å². The number of hydrogen-bond donors (Lipinski definition) is 1. The highest BCUT2D eigenvalue weighted by Crippen LogP contribution is 2.44. The molecule has 2 unspecified atom stereocenters. The maximum Gasteiger partial charge on any atom is 0.410 e. The van der Waals surface area contributed by atoms with Crippen LogP contribution in [0.1, 0.15) is 71.1 Å². The second-order valence-electron chi connectivity index (χ2n) is 10.5. The van der Waals surface area contributed by atoms with Gasteiger partial charge in [0, 0.05) is 54.1 Å². The number of amides is 1. The lowest BCUT2D eigenvalue weighted by Gasteiger charge is -2.26. The van der Waals surface area contributed by atoms with Crippen LogP contribution in [-0.2, 0) is 16.7 Å². The minimum atomic E-state index is -0.477. The summed E-state index contributed by atoms with van der Waals surface area (Å²) in [6, 6.07) is 4.43. The van der Waals surface area contributed by atoms with Crippen molar-refractivity contribution in [2.24, 2.45) is 0 Å². The van der Waals surface area contributed by atoms with Gasteiger partial charge >= 0.3 is 6.09 Å². The van der Waals surface area contributed by atoms with E-state index in [1.807, 2.05) is 31.9 Å². The number of carbonyl (C=O) groups excluding carboxylic acids is 1. The first-order chi connectivity index (χ1) is 15.2. The van der Waals surface area contributed by atoms with Gasteiger partial charge in [0.25, 0.3) is 0 Å². The zero-order valence-electron chi connectivity index (χ0n) is 19.7. The standard InChI is InChI=1S/C25H33N5O2/c1-6-16(2)19-14-27-22-18(19)11-17(13-26-22)20-12-21-25(8-10-30(21)28-20)7-9-29(15-25)23(31)32-24(3,4)5/h11-14,16H,6-10,15H2,1-5H3,(H,26,27). The first-order valence-electron chi connectivity index (χ1n) is 11.7. The molecule has 7 nitrogen and oxygen atoms in total. The molecule has 0 bridgehead atoms. The third-order valence-corrected chi connectivity index (χ3v) is 7.13. The van der Waals surface area contributed by atoms with Crippen LogP contribution in [0.15, 0.2) is 24.5 Å². The molecule has 0 radical (unpaired) electrons. The molecule has 2 aliphatic rings. The summed E-state index contributed by atoms with van der Waals surface area (Å²) in [6.07, 6.45) is 6.83. The van der Waals surface area contributed by atoms with Gasteiger partial charge in [-0.05, 0) is 63.6 Å². The van der Waals surface area contributed by atoms with E-state index in [0.717, 1.165) is 49.3 Å². The van der Waals surface area contributed by atoms with E-state index in [1.165, 1.54) is 16.6 Å². The van der Waals surface area contributed by atoms with Crippen LogP contribution in [0, 0.1) is 0 Å². The van der Waals surface area contributed by atoms with Gasteiger partial charge in [-0.1, -0.05) is 13.8 Å². The van der Waals surface area contributed by atoms with Gasteiger partial charge in [-0.2, -0.15) is 5.10 Å². The van der Waals surface area contributed by atoms with Crippen molar-refractivity contribution in [3.8, 4) is 11.3 Å². The van der Waals surface area contributed by atoms with Gasteiger partial charge in [0.1, 0.15) is 11.2 Å². The molecule has 7 heteroatoms. The fraction of sp³-hybridized carbons (Fsp3) is 0.560. The molecule has 5 rings (SSSR count). The Morgan fingerprint density at radius 3 is 2.81 bits per heavy atom. The summed E-state index contributed by atoms with van der Waals surface area (Å²) in [7, 11) is 0. The minimum Gasteiger partial charge on any atom is -0.444 e. The second kappa shape index (κ2) is 7.36. The summed E-state index contributed by atoms with van der Waals surface area (Å²) >= 11 is 0. The third kappa shape index (κ3) is 3.48. The number of rotatable bonds is 3. The van der Waals surface area contributed by atoms with Crippen LogP contribution < -0.4 is 0 Å². The molecule has 1 N–H and O–H groups in total. The van der Waals surface area contributed by atoms with Crippen molar-refractivity contribution in [3.63, 3.8) is 0 Å². The molecule has 2 atom stereocenters. The van der Waals surface area contributed by atoms with Crippen molar-refractivity contribution in [2.75, 3.05) is 13.1 Å². The molecule has 1 amide bonds. The van der Waals surface area contributed by atoms with Gasteiger partial charge in [0.2, 0.25) is 0 Å². The van der Waals surface area contributed by atoms with Crippen molar-refractivity contribution >= 4 is 17.1 Å². The Morgan fingerprint density at radius 2 is 2.06 bits per heavy atom. The number of nitrogens with one attached hydrogen (secondary N) is 1. The van der Waals surface area contributed by atoms with Crippen molar-refractivity contribution in [3.05, 3.63) is 35.8 Å². The highest BCUT2D eigenvalue weighted by Gasteiger charge is 2.47. The van der Waals surface area contributed by atoms with Gasteiger partial charge < -0.3 is 14.6 Å². The quantitative estimate of drug-likeness (QED) is 0.612. The van der Waals surface area contributed by atoms with E-state index in [0.29, 0.717) is 12.5 Å². The van der Waals surface area contributed by atoms with Crippen LogP contribution in [0.3, 0.4) is 0 Å². The Morgan fingerprint density at radius 1 is 1.28 bits per heavy atom. The maximum atomic E-state index is 12.6. The van der Waals surface area contributed by atoms with E-state index in [-0.39, 0.29) is 11.5 Å². The van der Waals surface area contributed by atoms with Crippen molar-refractivity contribution in [2.45, 2.75) is 77.4 Å². The van der Waals surface area contributed by atoms with Gasteiger partial charge in [-0.15, -0.1) is 0 Å². The number of H-pyrrole nitrogens is 1. The predicted molar refractivity (Wildman–Crippen MR) is 125 cm³/mol. The van der Waals surface area contributed by atoms with E-state index < -0.39 is 5.60 Å². The Balaban J connectivity index is 1.43. The van der Waals surface area contributed by atoms with Crippen LogP contribution >= 0.6 is 0 Å². The highest BCUT2D eigenvalue weighted by atomic mass is 16.6. The number of hydrogen-bond acceptors (Lipinski definition) is 4. The topological polar surface area (TPSA) is 76.0 Å². The summed E-state index contributed by atoms with van der Waals surface area (Å²) in [5.74, 6) is 0.480. The van der Waals surface area contributed by atoms with E-state index in [1.54, 1.807) is 0 Å². The number of carbonyl (C=O) groups is 1. The number of nitrogens with zero attached hydrogens (tertiary/aromatic N) is 4. The number of ether oxygens (including phenoxy) is 1. The third-order valence-electron chi connectivity index (χ3n) is 7.13. The van der Waals surface area contributed by atoms with E-state index >= 15 is 0 Å². The van der Waals surface area contributed by atoms with Crippen LogP contribution in [0.2, 0.25) is 0 Å². The fourth-order valence-corrected chi connectivity index (χ4v) is 5.16. The highest BCUT2D eigenvalue weighted by molar-refractivity contribution is 5.84. The normalized spacial score (nSPS) is 21.5. The predicted octanol–water partition coefficient (Wildman–Crippen LogP) is 5.22. The lowest BCUT2D eigenvalue weighted by Crippen LogP contribution is -2.37. The SMILES string of the molecule is CCC(C)c1c[nH]c2ncc(-c3cc4n(n3)CCC43CCN(C(=O)OC(C)(C)C)C3)cc12. The lowest BCUT2D eigenvalue weighted by atomic mass is 9.82. The molecule has 0 saturated carbocycles. The maximum absolute atomic E-state index is 12.6. The van der Waals surface area contributed by atoms with Gasteiger partial charge in [-0.25, -0.2) is 9.78 Å². The van der Waals surface area contributed by atoms with Crippen LogP contribution in [0.5, 0.6) is 0 Å². The number of likely N-dealkylation sites (tertiary alicyclic amines) is 1. The largest absolute Gasteiger partial charge is 0.444 e. The molecule has 1 spiro atoms. The first kappa shape index (κ1) is 21.0. The molecule has 32 heavy (non-hydrogen) atoms. The van der Waals surface area contributed by atoms with Crippen molar-refractivity contribution in [1.82, 2.24) is 24.6 Å². The molecular formula is C25H33N5O2. The van der Waals surface area contributed by atoms with Crippen molar-refractivity contribution < 1.29 is 9.53 Å².